The van der Waals surface area contributed by atoms with Crippen molar-refractivity contribution in [1.29, 1.82) is 0 Å². The maximum Gasteiger partial charge on any atom is 0.243 e. The molecule has 0 aliphatic carbocycles. The van der Waals surface area contributed by atoms with Crippen LogP contribution in [0, 0.1) is 6.92 Å². The number of nitrogens with zero attached hydrogens (tertiary/aromatic N) is 1. The predicted molar refractivity (Wildman–Crippen MR) is 94.8 cm³/mol. The van der Waals surface area contributed by atoms with Crippen LogP contribution in [0.5, 0.6) is 0 Å². The maximum atomic E-state index is 12.9. The zero-order chi connectivity index (χ0) is 17.2. The highest BCUT2D eigenvalue weighted by Gasteiger charge is 2.31. The van der Waals surface area contributed by atoms with Gasteiger partial charge < -0.3 is 4.74 Å². The summed E-state index contributed by atoms with van der Waals surface area (Å²) < 4.78 is 33.0. The van der Waals surface area contributed by atoms with Gasteiger partial charge in [-0.2, -0.15) is 4.31 Å². The number of morpholine rings is 1. The Morgan fingerprint density at radius 3 is 2.67 bits per heavy atom. The van der Waals surface area contributed by atoms with Crippen molar-refractivity contribution in [3.8, 4) is 0 Å². The number of ether oxygens (including phenoxy) is 1. The minimum Gasteiger partial charge on any atom is -0.375 e. The average molecular weight is 366 g/mol. The van der Waals surface area contributed by atoms with Crippen LogP contribution in [0.25, 0.3) is 0 Å². The monoisotopic (exact) mass is 365 g/mol. The quantitative estimate of drug-likeness (QED) is 0.835. The summed E-state index contributed by atoms with van der Waals surface area (Å²) in [5, 5.41) is 0.463. The van der Waals surface area contributed by atoms with E-state index in [1.54, 1.807) is 12.1 Å². The number of benzene rings is 2. The number of hydrogen-bond acceptors (Lipinski definition) is 3. The summed E-state index contributed by atoms with van der Waals surface area (Å²) in [4.78, 5) is 0.235. The Hall–Kier alpha value is -1.40. The lowest BCUT2D eigenvalue weighted by atomic mass is 10.1. The molecule has 1 aliphatic heterocycles. The van der Waals surface area contributed by atoms with Gasteiger partial charge in [-0.15, -0.1) is 0 Å². The first-order chi connectivity index (χ1) is 11.5. The number of rotatable bonds is 4. The van der Waals surface area contributed by atoms with E-state index in [1.165, 1.54) is 10.4 Å². The van der Waals surface area contributed by atoms with Gasteiger partial charge in [0.2, 0.25) is 10.0 Å². The molecule has 0 spiro atoms. The van der Waals surface area contributed by atoms with Gasteiger partial charge in [-0.1, -0.05) is 48.0 Å². The van der Waals surface area contributed by atoms with Crippen molar-refractivity contribution in [3.05, 3.63) is 64.7 Å². The lowest BCUT2D eigenvalue weighted by Crippen LogP contribution is -2.46. The molecule has 1 fully saturated rings. The molecule has 1 unspecified atom stereocenters. The van der Waals surface area contributed by atoms with Crippen molar-refractivity contribution in [2.24, 2.45) is 0 Å². The second-order valence-corrected chi connectivity index (χ2v) is 8.30. The number of sulfonamides is 1. The van der Waals surface area contributed by atoms with Crippen LogP contribution in [0.15, 0.2) is 53.4 Å². The topological polar surface area (TPSA) is 46.6 Å². The van der Waals surface area contributed by atoms with Gasteiger partial charge in [0.15, 0.2) is 0 Å². The highest BCUT2D eigenvalue weighted by molar-refractivity contribution is 7.89. The molecule has 128 valence electrons. The molecule has 1 saturated heterocycles. The van der Waals surface area contributed by atoms with Crippen molar-refractivity contribution >= 4 is 21.6 Å². The molecule has 0 amide bonds. The van der Waals surface area contributed by atoms with Crippen LogP contribution in [0.3, 0.4) is 0 Å². The summed E-state index contributed by atoms with van der Waals surface area (Å²) in [6.45, 7) is 2.96. The third-order valence-electron chi connectivity index (χ3n) is 4.19. The van der Waals surface area contributed by atoms with E-state index in [2.05, 4.69) is 0 Å². The van der Waals surface area contributed by atoms with Crippen LogP contribution < -0.4 is 0 Å². The van der Waals surface area contributed by atoms with Crippen molar-refractivity contribution in [2.45, 2.75) is 24.3 Å². The fourth-order valence-electron chi connectivity index (χ4n) is 2.79. The third kappa shape index (κ3) is 3.81. The molecule has 0 saturated carbocycles. The largest absolute Gasteiger partial charge is 0.375 e. The minimum absolute atomic E-state index is 0.142. The molecule has 2 aromatic rings. The van der Waals surface area contributed by atoms with Gasteiger partial charge in [0.05, 0.1) is 17.6 Å². The van der Waals surface area contributed by atoms with Gasteiger partial charge in [-0.3, -0.25) is 0 Å². The molecule has 0 bridgehead atoms. The van der Waals surface area contributed by atoms with Crippen molar-refractivity contribution in [3.63, 3.8) is 0 Å². The Morgan fingerprint density at radius 1 is 1.21 bits per heavy atom. The van der Waals surface area contributed by atoms with Crippen LogP contribution in [-0.4, -0.2) is 38.5 Å². The number of halogens is 1. The highest BCUT2D eigenvalue weighted by Crippen LogP contribution is 2.24. The molecule has 24 heavy (non-hydrogen) atoms. The van der Waals surface area contributed by atoms with Crippen LogP contribution in [0.2, 0.25) is 5.02 Å². The summed E-state index contributed by atoms with van der Waals surface area (Å²) in [7, 11) is -3.56. The van der Waals surface area contributed by atoms with Crippen LogP contribution >= 0.6 is 11.6 Å². The smallest absolute Gasteiger partial charge is 0.243 e. The van der Waals surface area contributed by atoms with Crippen LogP contribution in [-0.2, 0) is 21.2 Å². The van der Waals surface area contributed by atoms with Crippen LogP contribution in [0.4, 0.5) is 0 Å². The first-order valence-electron chi connectivity index (χ1n) is 7.88. The Bertz CT molecular complexity index is 808. The van der Waals surface area contributed by atoms with E-state index >= 15 is 0 Å². The molecule has 6 heteroatoms. The molecular formula is C18H20ClNO3S. The van der Waals surface area contributed by atoms with Gasteiger partial charge in [0, 0.05) is 18.1 Å². The summed E-state index contributed by atoms with van der Waals surface area (Å²) in [5.74, 6) is 0. The third-order valence-corrected chi connectivity index (χ3v) is 6.46. The van der Waals surface area contributed by atoms with E-state index in [0.717, 1.165) is 11.1 Å². The molecule has 2 aromatic carbocycles. The standard InChI is InChI=1S/C18H20ClNO3S/c1-14-7-8-17(12-18(14)19)24(21,22)20-9-10-23-16(13-20)11-15-5-3-2-4-6-15/h2-8,12,16H,9-11,13H2,1H3. The van der Waals surface area contributed by atoms with E-state index in [9.17, 15) is 8.42 Å². The predicted octanol–water partition coefficient (Wildman–Crippen LogP) is 3.28. The fourth-order valence-corrected chi connectivity index (χ4v) is 4.52. The first kappa shape index (κ1) is 17.4. The van der Waals surface area contributed by atoms with Gasteiger partial charge in [-0.05, 0) is 36.6 Å². The lowest BCUT2D eigenvalue weighted by molar-refractivity contribution is -0.000494. The lowest BCUT2D eigenvalue weighted by Gasteiger charge is -2.32. The molecule has 1 heterocycles. The second kappa shape index (κ2) is 7.23. The second-order valence-electron chi connectivity index (χ2n) is 5.96. The van der Waals surface area contributed by atoms with Gasteiger partial charge >= 0.3 is 0 Å². The SMILES string of the molecule is Cc1ccc(S(=O)(=O)N2CCOC(Cc3ccccc3)C2)cc1Cl. The maximum absolute atomic E-state index is 12.9. The molecule has 0 radical (unpaired) electrons. The Balaban J connectivity index is 1.77. The Kier molecular flexibility index (Phi) is 5.25. The van der Waals surface area contributed by atoms with E-state index in [4.69, 9.17) is 16.3 Å². The zero-order valence-corrected chi connectivity index (χ0v) is 15.1. The van der Waals surface area contributed by atoms with Crippen molar-refractivity contribution in [2.75, 3.05) is 19.7 Å². The summed E-state index contributed by atoms with van der Waals surface area (Å²) in [5.41, 5.74) is 2.00. The van der Waals surface area contributed by atoms with Gasteiger partial charge in [0.1, 0.15) is 0 Å². The van der Waals surface area contributed by atoms with E-state index in [-0.39, 0.29) is 11.0 Å². The summed E-state index contributed by atoms with van der Waals surface area (Å²) >= 11 is 6.09. The minimum atomic E-state index is -3.56. The van der Waals surface area contributed by atoms with Gasteiger partial charge in [0.25, 0.3) is 0 Å². The van der Waals surface area contributed by atoms with E-state index in [1.807, 2.05) is 37.3 Å². The van der Waals surface area contributed by atoms with Crippen LogP contribution in [0.1, 0.15) is 11.1 Å². The normalized spacial score (nSPS) is 19.3. The highest BCUT2D eigenvalue weighted by atomic mass is 35.5. The molecule has 3 rings (SSSR count). The Labute approximate surface area is 148 Å². The molecule has 1 aliphatic rings. The number of aryl methyl sites for hydroxylation is 1. The fraction of sp³-hybridized carbons (Fsp3) is 0.333. The van der Waals surface area contributed by atoms with Gasteiger partial charge in [-0.25, -0.2) is 8.42 Å². The average Bonchev–Trinajstić information content (AvgIpc) is 2.58. The molecule has 0 aromatic heterocycles. The first-order valence-corrected chi connectivity index (χ1v) is 9.70. The summed E-state index contributed by atoms with van der Waals surface area (Å²) in [6.07, 6.45) is 0.554. The van der Waals surface area contributed by atoms with Crippen molar-refractivity contribution < 1.29 is 13.2 Å². The summed E-state index contributed by atoms with van der Waals surface area (Å²) in [6, 6.07) is 14.8. The van der Waals surface area contributed by atoms with Crippen molar-refractivity contribution in [1.82, 2.24) is 4.31 Å². The Morgan fingerprint density at radius 2 is 1.96 bits per heavy atom. The molecule has 0 N–H and O–H groups in total. The molecular weight excluding hydrogens is 346 g/mol. The van der Waals surface area contributed by atoms with E-state index < -0.39 is 10.0 Å². The van der Waals surface area contributed by atoms with E-state index in [0.29, 0.717) is 31.1 Å². The molecule has 1 atom stereocenters. The zero-order valence-electron chi connectivity index (χ0n) is 13.5. The number of hydrogen-bond donors (Lipinski definition) is 0. The molecule has 4 nitrogen and oxygen atoms in total.